The normalized spacial score (nSPS) is 31.6. The smallest absolute Gasteiger partial charge is 0.305 e. The van der Waals surface area contributed by atoms with Gasteiger partial charge in [-0.15, -0.1) is 0 Å². The first-order valence-electron chi connectivity index (χ1n) is 5.81. The molecule has 0 aromatic heterocycles. The van der Waals surface area contributed by atoms with Gasteiger partial charge in [-0.1, -0.05) is 6.92 Å². The maximum atomic E-state index is 11.0. The van der Waals surface area contributed by atoms with E-state index in [1.165, 1.54) is 0 Å². The number of hydrogen-bond acceptors (Lipinski definition) is 3. The summed E-state index contributed by atoms with van der Waals surface area (Å²) in [7, 11) is 0. The summed E-state index contributed by atoms with van der Waals surface area (Å²) < 4.78 is 5.98. The molecule has 1 saturated heterocycles. The summed E-state index contributed by atoms with van der Waals surface area (Å²) >= 11 is 0. The standard InChI is InChI=1S/C12H23NO3/c1-6-13-12(7-9(14)15)8-10(2,3)16-11(12,4)5/h13H,6-8H2,1-5H3,(H,14,15). The van der Waals surface area contributed by atoms with Gasteiger partial charge in [0.25, 0.3) is 0 Å². The Morgan fingerprint density at radius 2 is 1.94 bits per heavy atom. The first-order chi connectivity index (χ1) is 7.14. The van der Waals surface area contributed by atoms with Gasteiger partial charge < -0.3 is 15.2 Å². The highest BCUT2D eigenvalue weighted by Crippen LogP contribution is 2.46. The van der Waals surface area contributed by atoms with Crippen LogP contribution in [0.4, 0.5) is 0 Å². The Bertz CT molecular complexity index is 286. The van der Waals surface area contributed by atoms with Crippen molar-refractivity contribution in [2.45, 2.75) is 64.2 Å². The average molecular weight is 229 g/mol. The minimum absolute atomic E-state index is 0.0945. The summed E-state index contributed by atoms with van der Waals surface area (Å²) in [6.07, 6.45) is 0.810. The summed E-state index contributed by atoms with van der Waals surface area (Å²) in [5, 5.41) is 12.4. The van der Waals surface area contributed by atoms with Crippen molar-refractivity contribution in [2.75, 3.05) is 6.54 Å². The molecule has 1 aliphatic rings. The molecule has 1 fully saturated rings. The lowest BCUT2D eigenvalue weighted by Crippen LogP contribution is -2.58. The molecule has 1 atom stereocenters. The third-order valence-corrected chi connectivity index (χ3v) is 3.38. The van der Waals surface area contributed by atoms with Gasteiger partial charge in [0.2, 0.25) is 0 Å². The molecular weight excluding hydrogens is 206 g/mol. The number of carboxylic acids is 1. The maximum absolute atomic E-state index is 11.0. The summed E-state index contributed by atoms with van der Waals surface area (Å²) in [6.45, 7) is 10.7. The van der Waals surface area contributed by atoms with Crippen LogP contribution in [0.3, 0.4) is 0 Å². The van der Waals surface area contributed by atoms with Crippen LogP contribution in [0.5, 0.6) is 0 Å². The molecule has 1 aliphatic heterocycles. The number of hydrogen-bond donors (Lipinski definition) is 2. The second-order valence-electron chi connectivity index (χ2n) is 5.73. The Labute approximate surface area is 97.4 Å². The number of aliphatic carboxylic acids is 1. The van der Waals surface area contributed by atoms with E-state index in [4.69, 9.17) is 9.84 Å². The molecule has 0 bridgehead atoms. The number of carbonyl (C=O) groups is 1. The van der Waals surface area contributed by atoms with Crippen molar-refractivity contribution in [1.29, 1.82) is 0 Å². The van der Waals surface area contributed by atoms with Gasteiger partial charge in [-0.25, -0.2) is 0 Å². The van der Waals surface area contributed by atoms with Crippen molar-refractivity contribution >= 4 is 5.97 Å². The molecule has 4 heteroatoms. The highest BCUT2D eigenvalue weighted by atomic mass is 16.5. The summed E-state index contributed by atoms with van der Waals surface area (Å²) in [5.74, 6) is -0.782. The number of ether oxygens (including phenoxy) is 1. The van der Waals surface area contributed by atoms with E-state index in [1.807, 2.05) is 34.6 Å². The van der Waals surface area contributed by atoms with E-state index >= 15 is 0 Å². The first kappa shape index (κ1) is 13.5. The van der Waals surface area contributed by atoms with Gasteiger partial charge in [0.15, 0.2) is 0 Å². The number of rotatable bonds is 4. The molecule has 0 aromatic rings. The maximum Gasteiger partial charge on any atom is 0.305 e. The van der Waals surface area contributed by atoms with Crippen molar-refractivity contribution < 1.29 is 14.6 Å². The van der Waals surface area contributed by atoms with Gasteiger partial charge in [0, 0.05) is 0 Å². The Morgan fingerprint density at radius 3 is 2.25 bits per heavy atom. The third-order valence-electron chi connectivity index (χ3n) is 3.38. The van der Waals surface area contributed by atoms with E-state index in [-0.39, 0.29) is 12.0 Å². The monoisotopic (exact) mass is 229 g/mol. The molecule has 4 nitrogen and oxygen atoms in total. The predicted octanol–water partition coefficient (Wildman–Crippen LogP) is 1.79. The zero-order valence-corrected chi connectivity index (χ0v) is 10.9. The summed E-state index contributed by atoms with van der Waals surface area (Å²) in [4.78, 5) is 11.0. The fourth-order valence-corrected chi connectivity index (χ4v) is 2.97. The van der Waals surface area contributed by atoms with Crippen LogP contribution in [0, 0.1) is 0 Å². The lowest BCUT2D eigenvalue weighted by molar-refractivity contribution is -0.141. The molecule has 0 radical (unpaired) electrons. The lowest BCUT2D eigenvalue weighted by atomic mass is 9.76. The molecule has 1 rings (SSSR count). The molecule has 94 valence electrons. The Hall–Kier alpha value is -0.610. The number of carboxylic acid groups (broad SMARTS) is 1. The second kappa shape index (κ2) is 4.00. The van der Waals surface area contributed by atoms with Gasteiger partial charge in [0.05, 0.1) is 23.2 Å². The minimum atomic E-state index is -0.782. The van der Waals surface area contributed by atoms with Crippen molar-refractivity contribution in [3.05, 3.63) is 0 Å². The van der Waals surface area contributed by atoms with Gasteiger partial charge in [-0.3, -0.25) is 4.79 Å². The van der Waals surface area contributed by atoms with E-state index in [1.54, 1.807) is 0 Å². The molecule has 16 heavy (non-hydrogen) atoms. The largest absolute Gasteiger partial charge is 0.481 e. The second-order valence-corrected chi connectivity index (χ2v) is 5.73. The topological polar surface area (TPSA) is 58.6 Å². The minimum Gasteiger partial charge on any atom is -0.481 e. The van der Waals surface area contributed by atoms with Crippen LogP contribution in [-0.2, 0) is 9.53 Å². The van der Waals surface area contributed by atoms with Gasteiger partial charge in [-0.05, 0) is 40.7 Å². The zero-order valence-electron chi connectivity index (χ0n) is 10.9. The molecule has 1 unspecified atom stereocenters. The zero-order chi connectivity index (χ0) is 12.6. The fraction of sp³-hybridized carbons (Fsp3) is 0.917. The molecule has 0 amide bonds. The van der Waals surface area contributed by atoms with Gasteiger partial charge >= 0.3 is 5.97 Å². The fourth-order valence-electron chi connectivity index (χ4n) is 2.97. The predicted molar refractivity (Wildman–Crippen MR) is 62.5 cm³/mol. The van der Waals surface area contributed by atoms with Crippen molar-refractivity contribution in [3.8, 4) is 0 Å². The summed E-state index contributed by atoms with van der Waals surface area (Å²) in [6, 6.07) is 0. The Kier molecular flexibility index (Phi) is 3.37. The first-order valence-corrected chi connectivity index (χ1v) is 5.81. The van der Waals surface area contributed by atoms with Crippen LogP contribution in [0.1, 0.15) is 47.5 Å². The number of likely N-dealkylation sites (N-methyl/N-ethyl adjacent to an activating group) is 1. The van der Waals surface area contributed by atoms with Crippen LogP contribution in [0.15, 0.2) is 0 Å². The highest BCUT2D eigenvalue weighted by Gasteiger charge is 2.57. The van der Waals surface area contributed by atoms with Crippen molar-refractivity contribution in [2.24, 2.45) is 0 Å². The molecule has 1 heterocycles. The van der Waals surface area contributed by atoms with Gasteiger partial charge in [-0.2, -0.15) is 0 Å². The summed E-state index contributed by atoms with van der Waals surface area (Å²) in [5.41, 5.74) is -1.22. The van der Waals surface area contributed by atoms with Crippen LogP contribution in [0.25, 0.3) is 0 Å². The van der Waals surface area contributed by atoms with E-state index in [9.17, 15) is 4.79 Å². The number of nitrogens with one attached hydrogen (secondary N) is 1. The molecule has 0 spiro atoms. The van der Waals surface area contributed by atoms with Crippen LogP contribution in [-0.4, -0.2) is 34.4 Å². The van der Waals surface area contributed by atoms with E-state index in [0.717, 1.165) is 6.54 Å². The van der Waals surface area contributed by atoms with Crippen molar-refractivity contribution in [1.82, 2.24) is 5.32 Å². The molecule has 0 aliphatic carbocycles. The lowest BCUT2D eigenvalue weighted by Gasteiger charge is -2.39. The van der Waals surface area contributed by atoms with E-state index in [2.05, 4.69) is 5.32 Å². The SMILES string of the molecule is CCNC1(CC(=O)O)CC(C)(C)OC1(C)C. The molecule has 0 aromatic carbocycles. The molecule has 2 N–H and O–H groups in total. The van der Waals surface area contributed by atoms with Crippen molar-refractivity contribution in [3.63, 3.8) is 0 Å². The van der Waals surface area contributed by atoms with Gasteiger partial charge in [0.1, 0.15) is 0 Å². The Balaban J connectivity index is 3.04. The van der Waals surface area contributed by atoms with Crippen LogP contribution in [0.2, 0.25) is 0 Å². The van der Waals surface area contributed by atoms with Crippen LogP contribution >= 0.6 is 0 Å². The Morgan fingerprint density at radius 1 is 1.38 bits per heavy atom. The molecular formula is C12H23NO3. The van der Waals surface area contributed by atoms with E-state index in [0.29, 0.717) is 6.42 Å². The third kappa shape index (κ3) is 2.38. The molecule has 0 saturated carbocycles. The highest BCUT2D eigenvalue weighted by molar-refractivity contribution is 5.69. The van der Waals surface area contributed by atoms with Crippen LogP contribution < -0.4 is 5.32 Å². The quantitative estimate of drug-likeness (QED) is 0.771. The average Bonchev–Trinajstić information content (AvgIpc) is 2.14. The van der Waals surface area contributed by atoms with E-state index < -0.39 is 17.1 Å².